The Morgan fingerprint density at radius 2 is 0.970 bits per heavy atom. The fraction of sp³-hybridized carbons (Fsp3) is 0.225. The highest BCUT2D eigenvalue weighted by atomic mass is 35.5. The van der Waals surface area contributed by atoms with Gasteiger partial charge in [0.15, 0.2) is 17.5 Å². The standard InChI is InChI=1S/C15H15ClFN3O3S.C10H10Cl2FNO3S.C10H11ClFNO4S.C5H6N2/c1-2-8-24(22,23)20-12-6-5-11(16)13(14(12)17)15(21)19-10-4-3-7-18-9-10;1-2-5-18(16,17)14-7-4-3-6(11)8(9(7)13)10(12)15;1-2-5-18(16,17)13-7-4-3-6(11)8(9(7)12)10(14)15;6-5-2-1-3-7-4-5/h3-7,9,20H,2,8H2,1H3,(H,19,21);3-4,14H,2,5H2,1H3;3-4,13H,2,5H2,1H3,(H,14,15);1-4H,6H2. The van der Waals surface area contributed by atoms with Gasteiger partial charge in [-0.25, -0.2) is 43.2 Å². The van der Waals surface area contributed by atoms with Crippen LogP contribution in [0, 0.1) is 17.5 Å². The number of rotatable bonds is 16. The Morgan fingerprint density at radius 1 is 0.597 bits per heavy atom. The van der Waals surface area contributed by atoms with Crippen LogP contribution in [0.5, 0.6) is 0 Å². The van der Waals surface area contributed by atoms with E-state index in [1.165, 1.54) is 30.6 Å². The summed E-state index contributed by atoms with van der Waals surface area (Å²) < 4.78 is 118. The van der Waals surface area contributed by atoms with Gasteiger partial charge in [-0.1, -0.05) is 55.6 Å². The lowest BCUT2D eigenvalue weighted by molar-refractivity contribution is 0.0691. The zero-order valence-electron chi connectivity index (χ0n) is 35.3. The lowest BCUT2D eigenvalue weighted by Gasteiger charge is -2.12. The molecular formula is C40H42Cl4F3N7O10S3. The van der Waals surface area contributed by atoms with E-state index in [-0.39, 0.29) is 43.7 Å². The summed E-state index contributed by atoms with van der Waals surface area (Å²) in [6.45, 7) is 5.01. The van der Waals surface area contributed by atoms with Crippen molar-refractivity contribution < 1.29 is 57.9 Å². The number of carbonyl (C=O) groups is 3. The summed E-state index contributed by atoms with van der Waals surface area (Å²) >= 11 is 22.2. The number of aromatic nitrogens is 2. The molecule has 17 nitrogen and oxygen atoms in total. The molecule has 0 radical (unpaired) electrons. The van der Waals surface area contributed by atoms with Crippen molar-refractivity contribution in [3.8, 4) is 0 Å². The van der Waals surface area contributed by atoms with Crippen molar-refractivity contribution in [2.45, 2.75) is 40.0 Å². The topological polar surface area (TPSA) is 274 Å². The van der Waals surface area contributed by atoms with Crippen molar-refractivity contribution in [1.29, 1.82) is 0 Å². The minimum atomic E-state index is -3.70. The fourth-order valence-corrected chi connectivity index (χ4v) is 9.27. The van der Waals surface area contributed by atoms with Crippen LogP contribution in [0.3, 0.4) is 0 Å². The van der Waals surface area contributed by atoms with Gasteiger partial charge < -0.3 is 16.2 Å². The van der Waals surface area contributed by atoms with Crippen LogP contribution in [0.25, 0.3) is 0 Å². The van der Waals surface area contributed by atoms with Gasteiger partial charge in [-0.2, -0.15) is 0 Å². The van der Waals surface area contributed by atoms with E-state index in [0.29, 0.717) is 30.6 Å². The Balaban J connectivity index is 0.000000325. The van der Waals surface area contributed by atoms with Gasteiger partial charge in [0.05, 0.1) is 78.1 Å². The van der Waals surface area contributed by atoms with E-state index in [1.807, 2.05) is 9.44 Å². The zero-order valence-corrected chi connectivity index (χ0v) is 40.8. The molecule has 2 aromatic heterocycles. The number of benzene rings is 3. The highest BCUT2D eigenvalue weighted by molar-refractivity contribution is 7.93. The molecule has 3 aromatic carbocycles. The average molecular weight is 1080 g/mol. The fourth-order valence-electron chi connectivity index (χ4n) is 4.95. The number of nitrogen functional groups attached to an aromatic ring is 1. The number of aromatic carboxylic acids is 1. The maximum atomic E-state index is 14.6. The third kappa shape index (κ3) is 19.0. The van der Waals surface area contributed by atoms with Crippen molar-refractivity contribution in [3.63, 3.8) is 0 Å². The second-order valence-electron chi connectivity index (χ2n) is 13.2. The Hall–Kier alpha value is -5.43. The van der Waals surface area contributed by atoms with Crippen LogP contribution in [0.4, 0.5) is 41.6 Å². The average Bonchev–Trinajstić information content (AvgIpc) is 3.22. The number of carboxylic acids is 1. The SMILES string of the molecule is CCCS(=O)(=O)Nc1ccc(Cl)c(C(=O)Cl)c1F.CCCS(=O)(=O)Nc1ccc(Cl)c(C(=O)Nc2cccnc2)c1F.CCCS(=O)(=O)Nc1ccc(Cl)c(C(=O)O)c1F.Nc1cccnc1. The number of pyridine rings is 2. The summed E-state index contributed by atoms with van der Waals surface area (Å²) in [6, 6.07) is 13.7. The normalized spacial score (nSPS) is 11.0. The van der Waals surface area contributed by atoms with Crippen LogP contribution < -0.4 is 25.2 Å². The molecule has 2 heterocycles. The van der Waals surface area contributed by atoms with Crippen LogP contribution in [0.2, 0.25) is 15.1 Å². The van der Waals surface area contributed by atoms with Gasteiger partial charge in [-0.3, -0.25) is 33.7 Å². The maximum absolute atomic E-state index is 14.6. The summed E-state index contributed by atoms with van der Waals surface area (Å²) in [6.07, 6.45) is 7.32. The van der Waals surface area contributed by atoms with Gasteiger partial charge in [0.25, 0.3) is 11.1 Å². The maximum Gasteiger partial charge on any atom is 0.340 e. The molecule has 5 rings (SSSR count). The largest absolute Gasteiger partial charge is 0.478 e. The van der Waals surface area contributed by atoms with Crippen LogP contribution in [-0.4, -0.2) is 74.7 Å². The summed E-state index contributed by atoms with van der Waals surface area (Å²) in [5, 5.41) is 9.53. The van der Waals surface area contributed by atoms with Crippen LogP contribution >= 0.6 is 46.4 Å². The molecule has 0 saturated heterocycles. The number of hydrogen-bond donors (Lipinski definition) is 6. The molecule has 0 aliphatic rings. The van der Waals surface area contributed by atoms with E-state index in [9.17, 15) is 52.8 Å². The Kier molecular flexibility index (Phi) is 23.1. The molecular weight excluding hydrogens is 1030 g/mol. The number of nitrogens with one attached hydrogen (secondary N) is 4. The quantitative estimate of drug-likeness (QED) is 0.0503. The second kappa shape index (κ2) is 26.8. The number of sulfonamides is 3. The highest BCUT2D eigenvalue weighted by Gasteiger charge is 2.24. The van der Waals surface area contributed by atoms with E-state index in [2.05, 4.69) is 20.0 Å². The predicted molar refractivity (Wildman–Crippen MR) is 255 cm³/mol. The molecule has 0 saturated carbocycles. The number of amides is 1. The van der Waals surface area contributed by atoms with E-state index in [0.717, 1.165) is 18.2 Å². The van der Waals surface area contributed by atoms with E-state index < -0.39 is 87.0 Å². The third-order valence-electron chi connectivity index (χ3n) is 7.73. The number of halogens is 7. The first-order valence-electron chi connectivity index (χ1n) is 19.1. The zero-order chi connectivity index (χ0) is 50.7. The van der Waals surface area contributed by atoms with Gasteiger partial charge >= 0.3 is 5.97 Å². The monoisotopic (exact) mass is 1070 g/mol. The molecule has 0 bridgehead atoms. The number of nitrogens with two attached hydrogens (primary N) is 1. The van der Waals surface area contributed by atoms with Gasteiger partial charge in [0, 0.05) is 18.6 Å². The first-order chi connectivity index (χ1) is 31.3. The molecule has 364 valence electrons. The summed E-state index contributed by atoms with van der Waals surface area (Å²) in [7, 11) is -11.0. The van der Waals surface area contributed by atoms with Crippen LogP contribution in [-0.2, 0) is 30.1 Å². The number of nitrogens with zero attached hydrogens (tertiary/aromatic N) is 2. The number of carbonyl (C=O) groups excluding carboxylic acids is 2. The van der Waals surface area contributed by atoms with Gasteiger partial charge in [0.1, 0.15) is 5.56 Å². The molecule has 0 fully saturated rings. The summed E-state index contributed by atoms with van der Waals surface area (Å²) in [5.41, 5.74) is 3.51. The first-order valence-corrected chi connectivity index (χ1v) is 25.5. The molecule has 0 atom stereocenters. The number of anilines is 5. The van der Waals surface area contributed by atoms with Crippen molar-refractivity contribution in [3.05, 3.63) is 135 Å². The molecule has 1 amide bonds. The Bertz CT molecular complexity index is 2760. The van der Waals surface area contributed by atoms with Gasteiger partial charge in [-0.05, 0) is 91.5 Å². The van der Waals surface area contributed by atoms with E-state index >= 15 is 0 Å². The van der Waals surface area contributed by atoms with E-state index in [4.69, 9.17) is 57.2 Å². The van der Waals surface area contributed by atoms with Gasteiger partial charge in [-0.15, -0.1) is 0 Å². The predicted octanol–water partition coefficient (Wildman–Crippen LogP) is 9.28. The summed E-state index contributed by atoms with van der Waals surface area (Å²) in [4.78, 5) is 41.6. The number of hydrogen-bond acceptors (Lipinski definition) is 12. The lowest BCUT2D eigenvalue weighted by atomic mass is 10.1. The van der Waals surface area contributed by atoms with Crippen LogP contribution in [0.1, 0.15) is 71.1 Å². The molecule has 0 aliphatic carbocycles. The molecule has 67 heavy (non-hydrogen) atoms. The lowest BCUT2D eigenvalue weighted by Crippen LogP contribution is -2.20. The molecule has 27 heteroatoms. The van der Waals surface area contributed by atoms with E-state index in [1.54, 1.807) is 57.4 Å². The molecule has 7 N–H and O–H groups in total. The first kappa shape index (κ1) is 57.7. The highest BCUT2D eigenvalue weighted by Crippen LogP contribution is 2.30. The second-order valence-corrected chi connectivity index (χ2v) is 20.3. The van der Waals surface area contributed by atoms with Crippen molar-refractivity contribution in [1.82, 2.24) is 9.97 Å². The van der Waals surface area contributed by atoms with Crippen LogP contribution in [0.15, 0.2) is 85.5 Å². The van der Waals surface area contributed by atoms with Gasteiger partial charge in [0.2, 0.25) is 30.1 Å². The molecule has 5 aromatic rings. The van der Waals surface area contributed by atoms with Crippen molar-refractivity contribution in [2.24, 2.45) is 0 Å². The third-order valence-corrected chi connectivity index (χ3v) is 13.3. The summed E-state index contributed by atoms with van der Waals surface area (Å²) in [5.74, 6) is -6.18. The molecule has 0 aliphatic heterocycles. The van der Waals surface area contributed by atoms with Crippen molar-refractivity contribution >= 4 is 122 Å². The minimum Gasteiger partial charge on any atom is -0.478 e. The van der Waals surface area contributed by atoms with Crippen molar-refractivity contribution in [2.75, 3.05) is 42.5 Å². The minimum absolute atomic E-state index is 0.132. The Labute approximate surface area is 404 Å². The molecule has 0 spiro atoms. The number of carboxylic acid groups (broad SMARTS) is 1. The Morgan fingerprint density at radius 3 is 1.30 bits per heavy atom. The smallest absolute Gasteiger partial charge is 0.340 e. The molecule has 0 unspecified atom stereocenters.